The minimum Gasteiger partial charge on any atom is -0.267 e. The molecule has 1 aromatic carbocycles. The summed E-state index contributed by atoms with van der Waals surface area (Å²) in [5.41, 5.74) is 4.08. The third-order valence-electron chi connectivity index (χ3n) is 5.39. The zero-order valence-electron chi connectivity index (χ0n) is 15.4. The van der Waals surface area contributed by atoms with Crippen LogP contribution in [-0.2, 0) is 10.0 Å². The van der Waals surface area contributed by atoms with E-state index in [4.69, 9.17) is 0 Å². The monoisotopic (exact) mass is 377 g/mol. The Morgan fingerprint density at radius 1 is 1.04 bits per heavy atom. The number of benzene rings is 1. The summed E-state index contributed by atoms with van der Waals surface area (Å²) >= 11 is 0. The van der Waals surface area contributed by atoms with Crippen molar-refractivity contribution in [2.45, 2.75) is 50.8 Å². The quantitative estimate of drug-likeness (QED) is 0.819. The maximum atomic E-state index is 12.5. The van der Waals surface area contributed by atoms with Crippen LogP contribution in [0.2, 0.25) is 0 Å². The second-order valence-electron chi connectivity index (χ2n) is 7.35. The fourth-order valence-corrected chi connectivity index (χ4v) is 5.28. The van der Waals surface area contributed by atoms with Crippen molar-refractivity contribution < 1.29 is 13.2 Å². The molecule has 0 aromatic heterocycles. The molecule has 1 heterocycles. The molecule has 0 unspecified atom stereocenters. The Balaban J connectivity index is 1.69. The summed E-state index contributed by atoms with van der Waals surface area (Å²) in [5.74, 6) is 0.451. The van der Waals surface area contributed by atoms with Gasteiger partial charge in [-0.15, -0.1) is 0 Å². The third kappa shape index (κ3) is 3.99. The zero-order valence-corrected chi connectivity index (χ0v) is 16.3. The molecule has 2 atom stereocenters. The van der Waals surface area contributed by atoms with E-state index in [-0.39, 0.29) is 10.8 Å². The van der Waals surface area contributed by atoms with Gasteiger partial charge in [-0.3, -0.25) is 4.79 Å². The van der Waals surface area contributed by atoms with E-state index in [1.165, 1.54) is 22.9 Å². The molecule has 1 amide bonds. The average molecular weight is 378 g/mol. The first-order chi connectivity index (χ1) is 12.4. The van der Waals surface area contributed by atoms with E-state index in [1.807, 2.05) is 0 Å². The lowest BCUT2D eigenvalue weighted by Gasteiger charge is -2.26. The molecule has 0 spiro atoms. The molecule has 1 aliphatic carbocycles. The molecule has 6 nitrogen and oxygen atoms in total. The van der Waals surface area contributed by atoms with Crippen LogP contribution in [0, 0.1) is 11.8 Å². The molecule has 1 saturated carbocycles. The van der Waals surface area contributed by atoms with E-state index in [0.29, 0.717) is 30.5 Å². The van der Waals surface area contributed by atoms with Crippen molar-refractivity contribution in [3.05, 3.63) is 29.8 Å². The summed E-state index contributed by atoms with van der Waals surface area (Å²) in [7, 11) is -3.45. The largest absolute Gasteiger partial charge is 0.271 e. The lowest BCUT2D eigenvalue weighted by atomic mass is 9.81. The predicted molar refractivity (Wildman–Crippen MR) is 102 cm³/mol. The summed E-state index contributed by atoms with van der Waals surface area (Å²) in [6, 6.07) is 6.10. The molecule has 1 N–H and O–H groups in total. The van der Waals surface area contributed by atoms with Crippen molar-refractivity contribution in [3.63, 3.8) is 0 Å². The highest BCUT2D eigenvalue weighted by molar-refractivity contribution is 7.89. The molecular weight excluding hydrogens is 350 g/mol. The van der Waals surface area contributed by atoms with E-state index in [2.05, 4.69) is 24.4 Å². The van der Waals surface area contributed by atoms with Gasteiger partial charge in [-0.25, -0.2) is 13.8 Å². The standard InChI is InChI=1S/C19H27N3O3S/c1-14-6-5-7-15(2)18(14)20-21-19(23)16-8-10-17(11-9-16)26(24,25)22-12-3-4-13-22/h8-11,14-15H,3-7,12-13H2,1-2H3,(H,21,23)/t14-,15-/m0/s1. The number of hydrogen-bond donors (Lipinski definition) is 1. The smallest absolute Gasteiger partial charge is 0.267 e. The van der Waals surface area contributed by atoms with Gasteiger partial charge >= 0.3 is 0 Å². The Kier molecular flexibility index (Phi) is 5.77. The van der Waals surface area contributed by atoms with Crippen molar-refractivity contribution >= 4 is 21.6 Å². The summed E-state index contributed by atoms with van der Waals surface area (Å²) in [5, 5.41) is 4.35. The number of hydrogen-bond acceptors (Lipinski definition) is 4. The maximum absolute atomic E-state index is 12.5. The SMILES string of the molecule is C[C@H]1CCC[C@H](C)C1=NNC(=O)c1ccc(S(=O)(=O)N2CCCC2)cc1. The van der Waals surface area contributed by atoms with Gasteiger partial charge in [0.25, 0.3) is 5.91 Å². The van der Waals surface area contributed by atoms with Crippen LogP contribution in [0.3, 0.4) is 0 Å². The summed E-state index contributed by atoms with van der Waals surface area (Å²) in [4.78, 5) is 12.6. The van der Waals surface area contributed by atoms with Gasteiger partial charge in [-0.2, -0.15) is 9.41 Å². The van der Waals surface area contributed by atoms with Gasteiger partial charge in [0.1, 0.15) is 0 Å². The molecule has 2 aliphatic rings. The van der Waals surface area contributed by atoms with Gasteiger partial charge in [0, 0.05) is 24.4 Å². The van der Waals surface area contributed by atoms with Crippen LogP contribution >= 0.6 is 0 Å². The van der Waals surface area contributed by atoms with Gasteiger partial charge in [0.2, 0.25) is 10.0 Å². The summed E-state index contributed by atoms with van der Waals surface area (Å²) < 4.78 is 26.5. The summed E-state index contributed by atoms with van der Waals surface area (Å²) in [6.07, 6.45) is 5.19. The maximum Gasteiger partial charge on any atom is 0.271 e. The van der Waals surface area contributed by atoms with E-state index in [9.17, 15) is 13.2 Å². The number of carbonyl (C=O) groups is 1. The Morgan fingerprint density at radius 2 is 1.62 bits per heavy atom. The topological polar surface area (TPSA) is 78.8 Å². The van der Waals surface area contributed by atoms with Crippen LogP contribution in [0.1, 0.15) is 56.3 Å². The number of nitrogens with one attached hydrogen (secondary N) is 1. The molecule has 7 heteroatoms. The number of nitrogens with zero attached hydrogens (tertiary/aromatic N) is 2. The normalized spacial score (nSPS) is 24.5. The predicted octanol–water partition coefficient (Wildman–Crippen LogP) is 3.01. The van der Waals surface area contributed by atoms with Crippen LogP contribution in [0.15, 0.2) is 34.3 Å². The number of hydrazone groups is 1. The molecule has 2 fully saturated rings. The number of rotatable bonds is 4. The van der Waals surface area contributed by atoms with Crippen LogP contribution in [0.4, 0.5) is 0 Å². The van der Waals surface area contributed by atoms with Crippen LogP contribution < -0.4 is 5.43 Å². The first kappa shape index (κ1) is 19.0. The summed E-state index contributed by atoms with van der Waals surface area (Å²) in [6.45, 7) is 5.41. The van der Waals surface area contributed by atoms with Gasteiger partial charge in [0.05, 0.1) is 4.90 Å². The van der Waals surface area contributed by atoms with Gasteiger partial charge in [0.15, 0.2) is 0 Å². The van der Waals surface area contributed by atoms with E-state index in [1.54, 1.807) is 12.1 Å². The highest BCUT2D eigenvalue weighted by Crippen LogP contribution is 2.26. The lowest BCUT2D eigenvalue weighted by molar-refractivity contribution is 0.0954. The van der Waals surface area contributed by atoms with Gasteiger partial charge in [-0.1, -0.05) is 20.3 Å². The van der Waals surface area contributed by atoms with E-state index in [0.717, 1.165) is 31.4 Å². The number of amides is 1. The number of carbonyl (C=O) groups excluding carboxylic acids is 1. The van der Waals surface area contributed by atoms with E-state index >= 15 is 0 Å². The molecule has 1 saturated heterocycles. The second kappa shape index (κ2) is 7.88. The molecular formula is C19H27N3O3S. The Labute approximate surface area is 155 Å². The van der Waals surface area contributed by atoms with Crippen LogP contribution in [-0.4, -0.2) is 37.4 Å². The van der Waals surface area contributed by atoms with Crippen molar-refractivity contribution in [2.75, 3.05) is 13.1 Å². The van der Waals surface area contributed by atoms with Gasteiger partial charge < -0.3 is 0 Å². The van der Waals surface area contributed by atoms with Crippen LogP contribution in [0.5, 0.6) is 0 Å². The average Bonchev–Trinajstić information content (AvgIpc) is 3.17. The lowest BCUT2D eigenvalue weighted by Crippen LogP contribution is -2.29. The highest BCUT2D eigenvalue weighted by Gasteiger charge is 2.27. The number of sulfonamides is 1. The molecule has 142 valence electrons. The first-order valence-corrected chi connectivity index (χ1v) is 10.8. The third-order valence-corrected chi connectivity index (χ3v) is 7.30. The Hall–Kier alpha value is -1.73. The molecule has 1 aliphatic heterocycles. The minimum atomic E-state index is -3.45. The molecule has 1 aromatic rings. The highest BCUT2D eigenvalue weighted by atomic mass is 32.2. The molecule has 3 rings (SSSR count). The van der Waals surface area contributed by atoms with Crippen molar-refractivity contribution in [3.8, 4) is 0 Å². The zero-order chi connectivity index (χ0) is 18.7. The van der Waals surface area contributed by atoms with Crippen molar-refractivity contribution in [1.29, 1.82) is 0 Å². The Morgan fingerprint density at radius 3 is 2.19 bits per heavy atom. The fourth-order valence-electron chi connectivity index (χ4n) is 3.77. The fraction of sp³-hybridized carbons (Fsp3) is 0.579. The first-order valence-electron chi connectivity index (χ1n) is 9.37. The van der Waals surface area contributed by atoms with E-state index < -0.39 is 10.0 Å². The Bertz CT molecular complexity index is 769. The van der Waals surface area contributed by atoms with Gasteiger partial charge in [-0.05, 0) is 61.8 Å². The minimum absolute atomic E-state index is 0.233. The molecule has 0 radical (unpaired) electrons. The second-order valence-corrected chi connectivity index (χ2v) is 9.28. The molecule has 26 heavy (non-hydrogen) atoms. The van der Waals surface area contributed by atoms with Crippen molar-refractivity contribution in [2.24, 2.45) is 16.9 Å². The van der Waals surface area contributed by atoms with Crippen molar-refractivity contribution in [1.82, 2.24) is 9.73 Å². The molecule has 0 bridgehead atoms. The van der Waals surface area contributed by atoms with Crippen LogP contribution in [0.25, 0.3) is 0 Å².